The first kappa shape index (κ1) is 18.4. The molecule has 0 atom stereocenters. The minimum absolute atomic E-state index is 0.0886. The predicted octanol–water partition coefficient (Wildman–Crippen LogP) is 3.46. The molecule has 2 heterocycles. The maximum atomic E-state index is 12.3. The van der Waals surface area contributed by atoms with Gasteiger partial charge in [-0.2, -0.15) is 10.2 Å². The Morgan fingerprint density at radius 3 is 2.50 bits per heavy atom. The number of nitrogens with one attached hydrogen (secondary N) is 1. The lowest BCUT2D eigenvalue weighted by Crippen LogP contribution is -2.24. The van der Waals surface area contributed by atoms with Crippen molar-refractivity contribution < 1.29 is 4.79 Å². The van der Waals surface area contributed by atoms with E-state index in [0.717, 1.165) is 33.7 Å². The van der Waals surface area contributed by atoms with Crippen LogP contribution in [0, 0.1) is 13.8 Å². The summed E-state index contributed by atoms with van der Waals surface area (Å²) < 4.78 is 4.87. The van der Waals surface area contributed by atoms with Gasteiger partial charge < -0.3 is 5.32 Å². The average Bonchev–Trinajstić information content (AvgIpc) is 3.20. The van der Waals surface area contributed by atoms with Crippen LogP contribution in [0.25, 0.3) is 0 Å². The van der Waals surface area contributed by atoms with Crippen LogP contribution in [0.1, 0.15) is 39.9 Å². The summed E-state index contributed by atoms with van der Waals surface area (Å²) in [5.74, 6) is -0.0886. The maximum absolute atomic E-state index is 12.3. The topological polar surface area (TPSA) is 64.7 Å². The Labute approximate surface area is 161 Å². The zero-order valence-electron chi connectivity index (χ0n) is 15.2. The molecule has 0 spiro atoms. The van der Waals surface area contributed by atoms with Gasteiger partial charge in [0.25, 0.3) is 5.91 Å². The zero-order chi connectivity index (χ0) is 18.7. The molecule has 0 bridgehead atoms. The summed E-state index contributed by atoms with van der Waals surface area (Å²) in [5.41, 5.74) is 4.81. The minimum atomic E-state index is -0.0886. The molecule has 136 valence electrons. The van der Waals surface area contributed by atoms with Gasteiger partial charge in [-0.1, -0.05) is 12.1 Å². The predicted molar refractivity (Wildman–Crippen MR) is 104 cm³/mol. The second kappa shape index (κ2) is 7.86. The Hall–Kier alpha value is -2.41. The van der Waals surface area contributed by atoms with Crippen molar-refractivity contribution in [1.82, 2.24) is 24.9 Å². The van der Waals surface area contributed by atoms with Crippen LogP contribution in [0.15, 0.2) is 41.0 Å². The van der Waals surface area contributed by atoms with E-state index in [9.17, 15) is 4.79 Å². The van der Waals surface area contributed by atoms with Gasteiger partial charge in [0.2, 0.25) is 0 Å². The van der Waals surface area contributed by atoms with E-state index in [1.807, 2.05) is 60.5 Å². The summed E-state index contributed by atoms with van der Waals surface area (Å²) in [6, 6.07) is 9.55. The Morgan fingerprint density at radius 2 is 1.88 bits per heavy atom. The van der Waals surface area contributed by atoms with Gasteiger partial charge in [0.1, 0.15) is 0 Å². The summed E-state index contributed by atoms with van der Waals surface area (Å²) in [4.78, 5) is 12.3. The van der Waals surface area contributed by atoms with Crippen molar-refractivity contribution in [2.45, 2.75) is 40.4 Å². The molecule has 3 aromatic rings. The number of hydrogen-bond acceptors (Lipinski definition) is 3. The molecule has 3 rings (SSSR count). The SMILES string of the molecule is CCn1nccc1CNC(=O)c1ccc(Cn2nc(C)c(Br)c2C)cc1. The van der Waals surface area contributed by atoms with Crippen molar-refractivity contribution in [2.24, 2.45) is 0 Å². The monoisotopic (exact) mass is 415 g/mol. The van der Waals surface area contributed by atoms with Gasteiger partial charge in [-0.05, 0) is 60.5 Å². The van der Waals surface area contributed by atoms with E-state index in [-0.39, 0.29) is 5.91 Å². The summed E-state index contributed by atoms with van der Waals surface area (Å²) in [6.45, 7) is 7.97. The fraction of sp³-hybridized carbons (Fsp3) is 0.316. The number of aromatic nitrogens is 4. The third-order valence-electron chi connectivity index (χ3n) is 4.38. The molecule has 0 saturated carbocycles. The smallest absolute Gasteiger partial charge is 0.251 e. The van der Waals surface area contributed by atoms with Crippen LogP contribution in [0.3, 0.4) is 0 Å². The van der Waals surface area contributed by atoms with Crippen molar-refractivity contribution in [3.8, 4) is 0 Å². The first-order valence-corrected chi connectivity index (χ1v) is 9.36. The molecule has 0 aliphatic heterocycles. The van der Waals surface area contributed by atoms with E-state index in [2.05, 4.69) is 31.4 Å². The molecule has 0 radical (unpaired) electrons. The van der Waals surface area contributed by atoms with E-state index < -0.39 is 0 Å². The van der Waals surface area contributed by atoms with E-state index in [0.29, 0.717) is 18.7 Å². The minimum Gasteiger partial charge on any atom is -0.346 e. The Bertz CT molecular complexity index is 911. The molecule has 0 unspecified atom stereocenters. The molecule has 1 amide bonds. The van der Waals surface area contributed by atoms with Gasteiger partial charge in [0.05, 0.1) is 34.6 Å². The molecule has 0 saturated heterocycles. The highest BCUT2D eigenvalue weighted by molar-refractivity contribution is 9.10. The normalized spacial score (nSPS) is 10.9. The number of aryl methyl sites for hydroxylation is 2. The molecular formula is C19H22BrN5O. The van der Waals surface area contributed by atoms with Gasteiger partial charge in [0.15, 0.2) is 0 Å². The molecule has 1 aromatic carbocycles. The lowest BCUT2D eigenvalue weighted by molar-refractivity contribution is 0.0950. The zero-order valence-corrected chi connectivity index (χ0v) is 16.7. The molecule has 2 aromatic heterocycles. The fourth-order valence-electron chi connectivity index (χ4n) is 2.83. The number of benzene rings is 1. The second-order valence-corrected chi connectivity index (χ2v) is 6.95. The van der Waals surface area contributed by atoms with Crippen LogP contribution in [0.4, 0.5) is 0 Å². The highest BCUT2D eigenvalue weighted by atomic mass is 79.9. The van der Waals surface area contributed by atoms with Crippen molar-refractivity contribution in [3.05, 3.63) is 69.2 Å². The van der Waals surface area contributed by atoms with Gasteiger partial charge in [-0.3, -0.25) is 14.2 Å². The number of nitrogens with zero attached hydrogens (tertiary/aromatic N) is 4. The Morgan fingerprint density at radius 1 is 1.15 bits per heavy atom. The molecule has 7 heteroatoms. The van der Waals surface area contributed by atoms with E-state index in [4.69, 9.17) is 0 Å². The molecular weight excluding hydrogens is 394 g/mol. The number of hydrogen-bond donors (Lipinski definition) is 1. The highest BCUT2D eigenvalue weighted by Crippen LogP contribution is 2.20. The van der Waals surface area contributed by atoms with E-state index in [1.165, 1.54) is 0 Å². The summed E-state index contributed by atoms with van der Waals surface area (Å²) >= 11 is 3.55. The van der Waals surface area contributed by atoms with Crippen molar-refractivity contribution >= 4 is 21.8 Å². The van der Waals surface area contributed by atoms with Crippen LogP contribution in [0.5, 0.6) is 0 Å². The summed E-state index contributed by atoms with van der Waals surface area (Å²) in [7, 11) is 0. The Kier molecular flexibility index (Phi) is 5.56. The number of halogens is 1. The molecule has 26 heavy (non-hydrogen) atoms. The number of carbonyl (C=O) groups excluding carboxylic acids is 1. The largest absolute Gasteiger partial charge is 0.346 e. The first-order valence-electron chi connectivity index (χ1n) is 8.57. The van der Waals surface area contributed by atoms with Crippen LogP contribution < -0.4 is 5.32 Å². The Balaban J connectivity index is 1.63. The number of rotatable bonds is 6. The molecule has 0 aliphatic rings. The lowest BCUT2D eigenvalue weighted by Gasteiger charge is -2.08. The second-order valence-electron chi connectivity index (χ2n) is 6.16. The third kappa shape index (κ3) is 3.88. The van der Waals surface area contributed by atoms with Gasteiger partial charge in [-0.15, -0.1) is 0 Å². The van der Waals surface area contributed by atoms with Crippen molar-refractivity contribution in [3.63, 3.8) is 0 Å². The van der Waals surface area contributed by atoms with Crippen LogP contribution in [-0.4, -0.2) is 25.5 Å². The average molecular weight is 416 g/mol. The van der Waals surface area contributed by atoms with Crippen LogP contribution in [-0.2, 0) is 19.6 Å². The van der Waals surface area contributed by atoms with Crippen molar-refractivity contribution in [2.75, 3.05) is 0 Å². The third-order valence-corrected chi connectivity index (χ3v) is 5.52. The number of carbonyl (C=O) groups is 1. The van der Waals surface area contributed by atoms with E-state index >= 15 is 0 Å². The van der Waals surface area contributed by atoms with Crippen molar-refractivity contribution in [1.29, 1.82) is 0 Å². The van der Waals surface area contributed by atoms with Crippen LogP contribution in [0.2, 0.25) is 0 Å². The maximum Gasteiger partial charge on any atom is 0.251 e. The molecule has 1 N–H and O–H groups in total. The standard InChI is InChI=1S/C19H22BrN5O/c1-4-24-17(9-10-22-24)11-21-19(26)16-7-5-15(6-8-16)12-25-14(3)18(20)13(2)23-25/h5-10H,4,11-12H2,1-3H3,(H,21,26). The van der Waals surface area contributed by atoms with E-state index in [1.54, 1.807) is 6.20 Å². The molecule has 0 fully saturated rings. The molecule has 6 nitrogen and oxygen atoms in total. The summed E-state index contributed by atoms with van der Waals surface area (Å²) in [6.07, 6.45) is 1.75. The van der Waals surface area contributed by atoms with Gasteiger partial charge >= 0.3 is 0 Å². The van der Waals surface area contributed by atoms with Crippen LogP contribution >= 0.6 is 15.9 Å². The highest BCUT2D eigenvalue weighted by Gasteiger charge is 2.10. The van der Waals surface area contributed by atoms with Gasteiger partial charge in [0, 0.05) is 18.3 Å². The lowest BCUT2D eigenvalue weighted by atomic mass is 10.1. The number of amides is 1. The first-order chi connectivity index (χ1) is 12.5. The fourth-order valence-corrected chi connectivity index (χ4v) is 3.12. The van der Waals surface area contributed by atoms with Gasteiger partial charge in [-0.25, -0.2) is 0 Å². The molecule has 0 aliphatic carbocycles. The quantitative estimate of drug-likeness (QED) is 0.670. The summed E-state index contributed by atoms with van der Waals surface area (Å²) in [5, 5.41) is 11.7.